The number of hydrogen-bond donors (Lipinski definition) is 2. The van der Waals surface area contributed by atoms with Gasteiger partial charge < -0.3 is 15.8 Å². The van der Waals surface area contributed by atoms with Crippen LogP contribution in [0.25, 0.3) is 0 Å². The Balaban J connectivity index is 2.52. The fourth-order valence-electron chi connectivity index (χ4n) is 2.66. The Kier molecular flexibility index (Phi) is 4.50. The maximum atomic E-state index is 12.6. The Bertz CT molecular complexity index is 937. The van der Waals surface area contributed by atoms with Crippen LogP contribution in [0, 0.1) is 53.3 Å². The molecule has 2 rings (SSSR count). The highest BCUT2D eigenvalue weighted by Crippen LogP contribution is 2.40. The minimum atomic E-state index is -2.03. The molecule has 1 amide bonds. The largest absolute Gasteiger partial charge is 0.443 e. The van der Waals surface area contributed by atoms with Gasteiger partial charge in [-0.15, -0.1) is 0 Å². The third kappa shape index (κ3) is 2.78. The van der Waals surface area contributed by atoms with Gasteiger partial charge in [-0.25, -0.2) is 0 Å². The molecule has 0 aromatic heterocycles. The lowest BCUT2D eigenvalue weighted by Gasteiger charge is -2.29. The van der Waals surface area contributed by atoms with Crippen LogP contribution >= 0.6 is 0 Å². The van der Waals surface area contributed by atoms with Gasteiger partial charge in [0.05, 0.1) is 17.8 Å². The predicted octanol–water partition coefficient (Wildman–Crippen LogP) is 2.02. The third-order valence-corrected chi connectivity index (χ3v) is 3.92. The second-order valence-corrected chi connectivity index (χ2v) is 5.63. The molecule has 0 spiro atoms. The molecule has 1 aromatic carbocycles. The van der Waals surface area contributed by atoms with E-state index in [4.69, 9.17) is 10.5 Å². The molecule has 3 N–H and O–H groups in total. The van der Waals surface area contributed by atoms with Crippen molar-refractivity contribution >= 4 is 5.91 Å². The molecule has 0 radical (unpaired) electrons. The van der Waals surface area contributed by atoms with E-state index < -0.39 is 11.3 Å². The van der Waals surface area contributed by atoms with Crippen LogP contribution in [0.3, 0.4) is 0 Å². The van der Waals surface area contributed by atoms with Crippen molar-refractivity contribution in [2.45, 2.75) is 20.8 Å². The molecule has 0 bridgehead atoms. The smallest absolute Gasteiger partial charge is 0.255 e. The highest BCUT2D eigenvalue weighted by Gasteiger charge is 2.47. The van der Waals surface area contributed by atoms with Crippen LogP contribution in [0.5, 0.6) is 0 Å². The molecular formula is C18H15N5O2. The van der Waals surface area contributed by atoms with Gasteiger partial charge in [0.15, 0.2) is 0 Å². The molecule has 1 aliphatic heterocycles. The van der Waals surface area contributed by atoms with Crippen molar-refractivity contribution < 1.29 is 9.53 Å². The van der Waals surface area contributed by atoms with Crippen molar-refractivity contribution in [3.63, 3.8) is 0 Å². The van der Waals surface area contributed by atoms with E-state index >= 15 is 0 Å². The van der Waals surface area contributed by atoms with Crippen LogP contribution in [0.2, 0.25) is 0 Å². The van der Waals surface area contributed by atoms with Gasteiger partial charge in [0.1, 0.15) is 17.4 Å². The fourth-order valence-corrected chi connectivity index (χ4v) is 2.66. The first-order valence-corrected chi connectivity index (χ1v) is 7.31. The summed E-state index contributed by atoms with van der Waals surface area (Å²) in [5, 5.41) is 31.0. The van der Waals surface area contributed by atoms with Gasteiger partial charge in [-0.1, -0.05) is 17.7 Å². The summed E-state index contributed by atoms with van der Waals surface area (Å²) in [5.74, 6) is -0.756. The Morgan fingerprint density at radius 3 is 2.36 bits per heavy atom. The summed E-state index contributed by atoms with van der Waals surface area (Å²) in [6, 6.07) is 10.6. The Labute approximate surface area is 145 Å². The molecule has 0 aliphatic carbocycles. The molecular weight excluding hydrogens is 318 g/mol. The number of nitriles is 3. The molecule has 7 heteroatoms. The molecule has 0 fully saturated rings. The van der Waals surface area contributed by atoms with E-state index in [1.54, 1.807) is 37.3 Å². The number of nitrogens with two attached hydrogens (primary N) is 1. The molecule has 7 nitrogen and oxygen atoms in total. The van der Waals surface area contributed by atoms with E-state index in [1.807, 2.05) is 13.0 Å². The zero-order valence-corrected chi connectivity index (χ0v) is 14.0. The number of benzene rings is 1. The van der Waals surface area contributed by atoms with E-state index in [0.717, 1.165) is 11.1 Å². The molecule has 124 valence electrons. The predicted molar refractivity (Wildman–Crippen MR) is 87.7 cm³/mol. The number of aryl methyl sites for hydroxylation is 2. The van der Waals surface area contributed by atoms with E-state index in [9.17, 15) is 20.6 Å². The normalized spacial score (nSPS) is 15.5. The number of amides is 1. The first kappa shape index (κ1) is 17.6. The van der Waals surface area contributed by atoms with E-state index in [0.29, 0.717) is 5.56 Å². The summed E-state index contributed by atoms with van der Waals surface area (Å²) in [6.45, 7) is 5.14. The Morgan fingerprint density at radius 2 is 1.84 bits per heavy atom. The van der Waals surface area contributed by atoms with Crippen LogP contribution in [-0.2, 0) is 4.74 Å². The van der Waals surface area contributed by atoms with Gasteiger partial charge in [0.25, 0.3) is 5.91 Å². The first-order valence-electron chi connectivity index (χ1n) is 7.31. The summed E-state index contributed by atoms with van der Waals surface area (Å²) in [7, 11) is 0. The van der Waals surface area contributed by atoms with Crippen molar-refractivity contribution in [1.29, 1.82) is 15.8 Å². The molecule has 1 heterocycles. The molecule has 0 saturated carbocycles. The highest BCUT2D eigenvalue weighted by molar-refractivity contribution is 5.97. The second-order valence-electron chi connectivity index (χ2n) is 5.63. The lowest BCUT2D eigenvalue weighted by molar-refractivity contribution is 0.0955. The minimum absolute atomic E-state index is 0.0812. The fraction of sp³-hybridized carbons (Fsp3) is 0.222. The van der Waals surface area contributed by atoms with Crippen molar-refractivity contribution in [2.75, 3.05) is 0 Å². The van der Waals surface area contributed by atoms with Gasteiger partial charge in [-0.2, -0.15) is 15.8 Å². The summed E-state index contributed by atoms with van der Waals surface area (Å²) in [6.07, 6.45) is 0. The maximum Gasteiger partial charge on any atom is 0.255 e. The highest BCUT2D eigenvalue weighted by atomic mass is 16.5. The lowest BCUT2D eigenvalue weighted by atomic mass is 9.78. The first-order chi connectivity index (χ1) is 11.8. The van der Waals surface area contributed by atoms with Crippen LogP contribution in [-0.4, -0.2) is 5.91 Å². The Hall–Kier alpha value is -3.76. The maximum absolute atomic E-state index is 12.6. The van der Waals surface area contributed by atoms with Crippen molar-refractivity contribution in [2.24, 2.45) is 11.1 Å². The minimum Gasteiger partial charge on any atom is -0.443 e. The van der Waals surface area contributed by atoms with E-state index in [-0.39, 0.29) is 22.9 Å². The van der Waals surface area contributed by atoms with Crippen LogP contribution < -0.4 is 11.1 Å². The standard InChI is InChI=1S/C18H15N5O2/c1-10-4-5-13(11(2)6-10)17(24)23-15-12(3)25-16(22)14(7-19)18(15,8-20)9-21/h4-6H,22H2,1-3H3,(H,23,24). The van der Waals surface area contributed by atoms with Gasteiger partial charge in [-0.05, 0) is 32.4 Å². The summed E-state index contributed by atoms with van der Waals surface area (Å²) >= 11 is 0. The topological polar surface area (TPSA) is 136 Å². The van der Waals surface area contributed by atoms with Gasteiger partial charge >= 0.3 is 0 Å². The number of nitrogens with one attached hydrogen (secondary N) is 1. The van der Waals surface area contributed by atoms with E-state index in [1.165, 1.54) is 6.92 Å². The summed E-state index contributed by atoms with van der Waals surface area (Å²) < 4.78 is 5.24. The van der Waals surface area contributed by atoms with Crippen LogP contribution in [0.1, 0.15) is 28.4 Å². The van der Waals surface area contributed by atoms with Gasteiger partial charge in [0.2, 0.25) is 11.3 Å². The summed E-state index contributed by atoms with van der Waals surface area (Å²) in [5.41, 5.74) is 5.27. The van der Waals surface area contributed by atoms with Gasteiger partial charge in [-0.3, -0.25) is 4.79 Å². The van der Waals surface area contributed by atoms with Crippen LogP contribution in [0.4, 0.5) is 0 Å². The Morgan fingerprint density at radius 1 is 1.20 bits per heavy atom. The number of rotatable bonds is 2. The zero-order chi connectivity index (χ0) is 18.8. The molecule has 1 aliphatic rings. The molecule has 0 unspecified atom stereocenters. The van der Waals surface area contributed by atoms with E-state index in [2.05, 4.69) is 5.32 Å². The number of nitrogens with zero attached hydrogens (tertiary/aromatic N) is 3. The quantitative estimate of drug-likeness (QED) is 0.849. The second kappa shape index (κ2) is 6.39. The molecule has 0 atom stereocenters. The SMILES string of the molecule is CC1=C(NC(=O)c2ccc(C)cc2C)C(C#N)(C#N)C(C#N)=C(N)O1. The average Bonchev–Trinajstić information content (AvgIpc) is 2.56. The number of ether oxygens (including phenoxy) is 1. The van der Waals surface area contributed by atoms with Crippen molar-refractivity contribution in [3.05, 3.63) is 57.8 Å². The zero-order valence-electron chi connectivity index (χ0n) is 14.0. The summed E-state index contributed by atoms with van der Waals surface area (Å²) in [4.78, 5) is 12.6. The lowest BCUT2D eigenvalue weighted by Crippen LogP contribution is -2.40. The average molecular weight is 333 g/mol. The monoisotopic (exact) mass is 333 g/mol. The molecule has 1 aromatic rings. The van der Waals surface area contributed by atoms with Crippen LogP contribution in [0.15, 0.2) is 41.1 Å². The number of carbonyl (C=O) groups is 1. The molecule has 0 saturated heterocycles. The molecule has 25 heavy (non-hydrogen) atoms. The number of hydrogen-bond acceptors (Lipinski definition) is 6. The van der Waals surface area contributed by atoms with Crippen molar-refractivity contribution in [3.8, 4) is 18.2 Å². The van der Waals surface area contributed by atoms with Gasteiger partial charge in [0, 0.05) is 5.56 Å². The number of allylic oxidation sites excluding steroid dienone is 2. The number of carbonyl (C=O) groups excluding carboxylic acids is 1. The van der Waals surface area contributed by atoms with Crippen molar-refractivity contribution in [1.82, 2.24) is 5.32 Å². The third-order valence-electron chi connectivity index (χ3n) is 3.92.